The van der Waals surface area contributed by atoms with Gasteiger partial charge in [-0.05, 0) is 37.1 Å². The smallest absolute Gasteiger partial charge is 0.270 e. The molecule has 6 heteroatoms. The van der Waals surface area contributed by atoms with Crippen LogP contribution in [0.25, 0.3) is 5.65 Å². The number of carbonyl (C=O) groups excluding carboxylic acids is 1. The molecule has 0 spiro atoms. The second-order valence-electron chi connectivity index (χ2n) is 5.02. The minimum Gasteiger partial charge on any atom is -0.350 e. The van der Waals surface area contributed by atoms with E-state index < -0.39 is 0 Å². The molecule has 3 aromatic rings. The van der Waals surface area contributed by atoms with Gasteiger partial charge in [-0.25, -0.2) is 13.9 Å². The topological polar surface area (TPSA) is 59.3 Å². The second kappa shape index (κ2) is 5.93. The summed E-state index contributed by atoms with van der Waals surface area (Å²) in [5.41, 5.74) is 2.82. The summed E-state index contributed by atoms with van der Waals surface area (Å²) in [4.78, 5) is 16.4. The van der Waals surface area contributed by atoms with Gasteiger partial charge in [0.2, 0.25) is 0 Å². The number of carbonyl (C=O) groups is 1. The van der Waals surface area contributed by atoms with Gasteiger partial charge in [0, 0.05) is 18.3 Å². The van der Waals surface area contributed by atoms with E-state index in [0.717, 1.165) is 11.3 Å². The number of aryl methyl sites for hydroxylation is 1. The van der Waals surface area contributed by atoms with E-state index in [9.17, 15) is 9.18 Å². The highest BCUT2D eigenvalue weighted by atomic mass is 19.1. The molecule has 0 saturated carbocycles. The molecule has 0 aliphatic rings. The second-order valence-corrected chi connectivity index (χ2v) is 5.02. The van der Waals surface area contributed by atoms with Crippen molar-refractivity contribution in [3.63, 3.8) is 0 Å². The van der Waals surface area contributed by atoms with Gasteiger partial charge >= 0.3 is 0 Å². The number of nitrogens with one attached hydrogen (secondary N) is 1. The van der Waals surface area contributed by atoms with Crippen LogP contribution in [0.15, 0.2) is 42.6 Å². The van der Waals surface area contributed by atoms with Crippen molar-refractivity contribution in [3.8, 4) is 0 Å². The third-order valence-corrected chi connectivity index (χ3v) is 3.38. The Morgan fingerprint density at radius 1 is 1.27 bits per heavy atom. The van der Waals surface area contributed by atoms with Crippen molar-refractivity contribution >= 4 is 11.6 Å². The minimum atomic E-state index is -0.262. The van der Waals surface area contributed by atoms with Crippen LogP contribution < -0.4 is 5.32 Å². The lowest BCUT2D eigenvalue weighted by atomic mass is 10.1. The van der Waals surface area contributed by atoms with Crippen LogP contribution >= 0.6 is 0 Å². The molecule has 0 atom stereocenters. The monoisotopic (exact) mass is 298 g/mol. The molecule has 0 saturated heterocycles. The summed E-state index contributed by atoms with van der Waals surface area (Å²) in [7, 11) is 0. The number of aromatic nitrogens is 3. The molecule has 3 rings (SSSR count). The fraction of sp³-hybridized carbons (Fsp3) is 0.188. The number of hydrogen-bond donors (Lipinski definition) is 1. The molecule has 22 heavy (non-hydrogen) atoms. The molecule has 1 aromatic carbocycles. The molecule has 1 N–H and O–H groups in total. The van der Waals surface area contributed by atoms with Crippen LogP contribution in [0.3, 0.4) is 0 Å². The highest BCUT2D eigenvalue weighted by Gasteiger charge is 2.10. The summed E-state index contributed by atoms with van der Waals surface area (Å²) < 4.78 is 14.5. The van der Waals surface area contributed by atoms with Gasteiger partial charge in [0.25, 0.3) is 5.91 Å². The van der Waals surface area contributed by atoms with E-state index in [-0.39, 0.29) is 11.7 Å². The highest BCUT2D eigenvalue weighted by Crippen LogP contribution is 2.07. The van der Waals surface area contributed by atoms with Crippen molar-refractivity contribution < 1.29 is 9.18 Å². The Balaban J connectivity index is 1.64. The van der Waals surface area contributed by atoms with E-state index >= 15 is 0 Å². The summed E-state index contributed by atoms with van der Waals surface area (Å²) in [6.45, 7) is 2.34. The standard InChI is InChI=1S/C16H15FN4O/c1-11-10-14(20-15-7-9-19-21(11)15)16(22)18-8-6-12-2-4-13(17)5-3-12/h2-5,7,9-10H,6,8H2,1H3,(H,18,22). The van der Waals surface area contributed by atoms with Gasteiger partial charge in [-0.15, -0.1) is 0 Å². The number of fused-ring (bicyclic) bond motifs is 1. The van der Waals surface area contributed by atoms with Crippen molar-refractivity contribution in [2.75, 3.05) is 6.54 Å². The van der Waals surface area contributed by atoms with Gasteiger partial charge in [0.15, 0.2) is 5.65 Å². The predicted octanol–water partition coefficient (Wildman–Crippen LogP) is 2.15. The van der Waals surface area contributed by atoms with Crippen molar-refractivity contribution in [2.45, 2.75) is 13.3 Å². The Morgan fingerprint density at radius 3 is 2.82 bits per heavy atom. The lowest BCUT2D eigenvalue weighted by Gasteiger charge is -2.07. The van der Waals surface area contributed by atoms with Crippen molar-refractivity contribution in [2.24, 2.45) is 0 Å². The first-order chi connectivity index (χ1) is 10.6. The van der Waals surface area contributed by atoms with Crippen LogP contribution in [-0.4, -0.2) is 27.0 Å². The number of nitrogens with zero attached hydrogens (tertiary/aromatic N) is 3. The minimum absolute atomic E-state index is 0.228. The molecule has 0 aliphatic heterocycles. The Morgan fingerprint density at radius 2 is 2.05 bits per heavy atom. The first-order valence-corrected chi connectivity index (χ1v) is 6.97. The molecule has 112 valence electrons. The summed E-state index contributed by atoms with van der Waals surface area (Å²) in [5.74, 6) is -0.490. The van der Waals surface area contributed by atoms with Gasteiger partial charge in [-0.3, -0.25) is 4.79 Å². The molecule has 0 aliphatic carbocycles. The number of hydrogen-bond acceptors (Lipinski definition) is 3. The Kier molecular flexibility index (Phi) is 3.82. The van der Waals surface area contributed by atoms with Crippen molar-refractivity contribution in [1.29, 1.82) is 0 Å². The fourth-order valence-corrected chi connectivity index (χ4v) is 2.25. The van der Waals surface area contributed by atoms with E-state index in [1.165, 1.54) is 12.1 Å². The molecule has 0 radical (unpaired) electrons. The number of halogens is 1. The normalized spacial score (nSPS) is 10.8. The van der Waals surface area contributed by atoms with Gasteiger partial charge < -0.3 is 5.32 Å². The lowest BCUT2D eigenvalue weighted by molar-refractivity contribution is 0.0949. The summed E-state index contributed by atoms with van der Waals surface area (Å²) in [6, 6.07) is 9.70. The highest BCUT2D eigenvalue weighted by molar-refractivity contribution is 5.92. The molecule has 0 unspecified atom stereocenters. The zero-order valence-corrected chi connectivity index (χ0v) is 12.1. The zero-order valence-electron chi connectivity index (χ0n) is 12.1. The Labute approximate surface area is 126 Å². The zero-order chi connectivity index (χ0) is 15.5. The van der Waals surface area contributed by atoms with Gasteiger partial charge in [0.05, 0.1) is 6.20 Å². The van der Waals surface area contributed by atoms with Gasteiger partial charge in [-0.2, -0.15) is 5.10 Å². The number of rotatable bonds is 4. The van der Waals surface area contributed by atoms with Gasteiger partial charge in [-0.1, -0.05) is 12.1 Å². The van der Waals surface area contributed by atoms with E-state index in [4.69, 9.17) is 0 Å². The molecule has 5 nitrogen and oxygen atoms in total. The van der Waals surface area contributed by atoms with Crippen LogP contribution in [0, 0.1) is 12.7 Å². The van der Waals surface area contributed by atoms with Crippen LogP contribution in [0.1, 0.15) is 21.7 Å². The fourth-order valence-electron chi connectivity index (χ4n) is 2.25. The maximum atomic E-state index is 12.8. The molecule has 2 aromatic heterocycles. The molecule has 0 fully saturated rings. The van der Waals surface area contributed by atoms with Crippen LogP contribution in [-0.2, 0) is 6.42 Å². The van der Waals surface area contributed by atoms with E-state index in [2.05, 4.69) is 15.4 Å². The van der Waals surface area contributed by atoms with Crippen LogP contribution in [0.4, 0.5) is 4.39 Å². The van der Waals surface area contributed by atoms with Crippen molar-refractivity contribution in [1.82, 2.24) is 19.9 Å². The molecule has 0 bridgehead atoms. The largest absolute Gasteiger partial charge is 0.350 e. The maximum Gasteiger partial charge on any atom is 0.270 e. The molecule has 2 heterocycles. The predicted molar refractivity (Wildman–Crippen MR) is 80.2 cm³/mol. The lowest BCUT2D eigenvalue weighted by Crippen LogP contribution is -2.27. The van der Waals surface area contributed by atoms with Crippen molar-refractivity contribution in [3.05, 3.63) is 65.4 Å². The summed E-state index contributed by atoms with van der Waals surface area (Å²) in [6.07, 6.45) is 2.28. The number of amides is 1. The van der Waals surface area contributed by atoms with Crippen LogP contribution in [0.2, 0.25) is 0 Å². The number of benzene rings is 1. The maximum absolute atomic E-state index is 12.8. The van der Waals surface area contributed by atoms with Crippen LogP contribution in [0.5, 0.6) is 0 Å². The van der Waals surface area contributed by atoms with E-state index in [1.54, 1.807) is 35.0 Å². The van der Waals surface area contributed by atoms with E-state index in [1.807, 2.05) is 6.92 Å². The van der Waals surface area contributed by atoms with E-state index in [0.29, 0.717) is 24.3 Å². The molecule has 1 amide bonds. The molecular weight excluding hydrogens is 283 g/mol. The average molecular weight is 298 g/mol. The quantitative estimate of drug-likeness (QED) is 0.803. The average Bonchev–Trinajstić information content (AvgIpc) is 2.98. The summed E-state index contributed by atoms with van der Waals surface area (Å²) in [5, 5.41) is 6.94. The molecular formula is C16H15FN4O. The Hall–Kier alpha value is -2.76. The van der Waals surface area contributed by atoms with Gasteiger partial charge in [0.1, 0.15) is 11.5 Å². The first kappa shape index (κ1) is 14.2. The first-order valence-electron chi connectivity index (χ1n) is 6.97. The summed E-state index contributed by atoms with van der Waals surface area (Å²) >= 11 is 0. The SMILES string of the molecule is Cc1cc(C(=O)NCCc2ccc(F)cc2)nc2ccnn12. The third-order valence-electron chi connectivity index (χ3n) is 3.38. The Bertz CT molecular complexity index is 811. The third kappa shape index (κ3) is 2.95.